The summed E-state index contributed by atoms with van der Waals surface area (Å²) in [6, 6.07) is 10.0. The molecule has 1 aliphatic rings. The zero-order valence-corrected chi connectivity index (χ0v) is 26.9. The number of fused-ring (bicyclic) bond motifs is 4. The van der Waals surface area contributed by atoms with Gasteiger partial charge in [-0.05, 0) is 43.2 Å². The number of carbonyl (C=O) groups excluding carboxylic acids is 3. The van der Waals surface area contributed by atoms with Gasteiger partial charge in [-0.1, -0.05) is 37.1 Å². The molecule has 1 unspecified atom stereocenters. The Labute approximate surface area is 285 Å². The number of hydrogen-bond acceptors (Lipinski definition) is 7. The Morgan fingerprint density at radius 1 is 1.10 bits per heavy atom. The van der Waals surface area contributed by atoms with Crippen molar-refractivity contribution in [1.29, 1.82) is 0 Å². The molecule has 0 fully saturated rings. The molecular formula is C32H28ClF5N6O6. The second kappa shape index (κ2) is 15.8. The molecule has 4 aromatic rings. The molecule has 2 aromatic heterocycles. The van der Waals surface area contributed by atoms with Crippen LogP contribution in [0.25, 0.3) is 16.8 Å². The van der Waals surface area contributed by atoms with Gasteiger partial charge in [0.1, 0.15) is 5.69 Å². The lowest BCUT2D eigenvalue weighted by atomic mass is 9.94. The Morgan fingerprint density at radius 3 is 2.50 bits per heavy atom. The highest BCUT2D eigenvalue weighted by molar-refractivity contribution is 6.30. The van der Waals surface area contributed by atoms with E-state index in [4.69, 9.17) is 21.5 Å². The number of carboxylic acids is 1. The second-order valence-electron chi connectivity index (χ2n) is 10.9. The summed E-state index contributed by atoms with van der Waals surface area (Å²) in [5, 5.41) is 19.5. The zero-order chi connectivity index (χ0) is 36.7. The lowest BCUT2D eigenvalue weighted by molar-refractivity contribution is -0.192. The van der Waals surface area contributed by atoms with Crippen LogP contribution in [0, 0.1) is 17.7 Å². The van der Waals surface area contributed by atoms with Crippen LogP contribution in [0.15, 0.2) is 61.1 Å². The van der Waals surface area contributed by atoms with E-state index in [1.165, 1.54) is 42.5 Å². The molecule has 12 nitrogen and oxygen atoms in total. The van der Waals surface area contributed by atoms with Crippen molar-refractivity contribution in [2.24, 2.45) is 5.92 Å². The van der Waals surface area contributed by atoms with Crippen LogP contribution in [0.4, 0.5) is 38.1 Å². The predicted molar refractivity (Wildman–Crippen MR) is 170 cm³/mol. The second-order valence-corrected chi connectivity index (χ2v) is 11.3. The number of nitrogens with zero attached hydrogens (tertiary/aromatic N) is 3. The summed E-state index contributed by atoms with van der Waals surface area (Å²) in [5.41, 5.74) is 2.11. The fraction of sp³-hybridized carbons (Fsp3) is 0.250. The monoisotopic (exact) mass is 722 g/mol. The Bertz CT molecular complexity index is 1920. The van der Waals surface area contributed by atoms with E-state index in [2.05, 4.69) is 30.8 Å². The molecule has 0 aliphatic carbocycles. The number of methoxy groups -OCH3 is 1. The summed E-state index contributed by atoms with van der Waals surface area (Å²) >= 11 is 5.89. The number of pyridine rings is 1. The molecule has 2 aromatic carbocycles. The van der Waals surface area contributed by atoms with Crippen LogP contribution < -0.4 is 16.0 Å². The van der Waals surface area contributed by atoms with E-state index in [0.717, 1.165) is 0 Å². The lowest BCUT2D eigenvalue weighted by Crippen LogP contribution is -2.30. The maximum Gasteiger partial charge on any atom is 0.490 e. The van der Waals surface area contributed by atoms with Crippen LogP contribution in [-0.2, 0) is 14.3 Å². The maximum atomic E-state index is 15.2. The SMILES string of the molecule is COC(=O)Nc1ccc2c(c1)NC(=O)C(C)CCC[C@H](NC(=O)c1cnn(-c3cccc(Cl)c3F)c1)c1cc-2cnc1F.O=C(O)C(F)(F)F. The average molecular weight is 723 g/mol. The molecular weight excluding hydrogens is 695 g/mol. The minimum Gasteiger partial charge on any atom is -0.475 e. The highest BCUT2D eigenvalue weighted by Crippen LogP contribution is 2.35. The van der Waals surface area contributed by atoms with Gasteiger partial charge in [0, 0.05) is 40.7 Å². The summed E-state index contributed by atoms with van der Waals surface area (Å²) in [7, 11) is 1.23. The summed E-state index contributed by atoms with van der Waals surface area (Å²) in [4.78, 5) is 51.0. The van der Waals surface area contributed by atoms with Gasteiger partial charge in [-0.25, -0.2) is 23.6 Å². The van der Waals surface area contributed by atoms with Gasteiger partial charge in [0.05, 0.1) is 35.6 Å². The van der Waals surface area contributed by atoms with Crippen molar-refractivity contribution in [3.8, 4) is 16.8 Å². The fourth-order valence-electron chi connectivity index (χ4n) is 4.81. The highest BCUT2D eigenvalue weighted by Gasteiger charge is 2.38. The van der Waals surface area contributed by atoms with Crippen LogP contribution in [0.5, 0.6) is 0 Å². The van der Waals surface area contributed by atoms with E-state index < -0.39 is 47.9 Å². The van der Waals surface area contributed by atoms with E-state index in [-0.39, 0.29) is 27.7 Å². The molecule has 264 valence electrons. The number of halogens is 6. The fourth-order valence-corrected chi connectivity index (χ4v) is 4.98. The first kappa shape index (κ1) is 37.2. The first-order valence-corrected chi connectivity index (χ1v) is 15.0. The molecule has 0 radical (unpaired) electrons. The van der Waals surface area contributed by atoms with Crippen LogP contribution in [0.1, 0.15) is 48.1 Å². The van der Waals surface area contributed by atoms with Crippen molar-refractivity contribution in [3.05, 3.63) is 89.0 Å². The van der Waals surface area contributed by atoms with E-state index in [0.29, 0.717) is 41.8 Å². The minimum absolute atomic E-state index is 0.0661. The van der Waals surface area contributed by atoms with Crippen molar-refractivity contribution in [2.45, 2.75) is 38.4 Å². The highest BCUT2D eigenvalue weighted by atomic mass is 35.5. The van der Waals surface area contributed by atoms with Crippen molar-refractivity contribution < 1.29 is 51.0 Å². The van der Waals surface area contributed by atoms with Gasteiger partial charge < -0.3 is 20.5 Å². The number of hydrogen-bond donors (Lipinski definition) is 4. The number of amides is 3. The van der Waals surface area contributed by atoms with Gasteiger partial charge in [-0.15, -0.1) is 0 Å². The third-order valence-electron chi connectivity index (χ3n) is 7.41. The molecule has 50 heavy (non-hydrogen) atoms. The topological polar surface area (TPSA) is 165 Å². The standard InChI is InChI=1S/C30H27ClF2N6O4.C2HF3O2/c1-16-5-3-7-23(37-29(41)18-14-35-39(15-18)25-8-4-6-22(31)26(25)32)21-11-17(13-34-27(21)33)20-10-9-19(36-30(42)43-2)12-24(20)38-28(16)40;3-2(4,5)1(6)7/h4,6,8-16,23H,3,5,7H2,1-2H3,(H,36,42)(H,37,41)(H,38,40);(H,6,7)/t16?,23-;/m0./s1. The molecule has 4 N–H and O–H groups in total. The number of nitrogens with one attached hydrogen (secondary N) is 3. The van der Waals surface area contributed by atoms with Crippen LogP contribution in [0.2, 0.25) is 5.02 Å². The number of anilines is 2. The van der Waals surface area contributed by atoms with Crippen molar-refractivity contribution in [1.82, 2.24) is 20.1 Å². The number of benzene rings is 2. The van der Waals surface area contributed by atoms with Gasteiger partial charge in [-0.3, -0.25) is 14.9 Å². The number of aliphatic carboxylic acids is 1. The smallest absolute Gasteiger partial charge is 0.475 e. The number of ether oxygens (including phenoxy) is 1. The molecule has 3 amide bonds. The summed E-state index contributed by atoms with van der Waals surface area (Å²) in [6.45, 7) is 1.77. The van der Waals surface area contributed by atoms with Gasteiger partial charge in [0.25, 0.3) is 5.91 Å². The Kier molecular flexibility index (Phi) is 11.7. The van der Waals surface area contributed by atoms with Crippen LogP contribution in [0.3, 0.4) is 0 Å². The molecule has 1 aliphatic heterocycles. The number of aromatic nitrogens is 3. The average Bonchev–Trinajstić information content (AvgIpc) is 3.56. The van der Waals surface area contributed by atoms with E-state index in [9.17, 15) is 31.9 Å². The quantitative estimate of drug-likeness (QED) is 0.130. The molecule has 0 saturated carbocycles. The van der Waals surface area contributed by atoms with Gasteiger partial charge in [0.15, 0.2) is 5.82 Å². The number of carbonyl (C=O) groups is 4. The number of alkyl halides is 3. The van der Waals surface area contributed by atoms with E-state index in [1.54, 1.807) is 37.3 Å². The number of carboxylic acid groups (broad SMARTS) is 1. The van der Waals surface area contributed by atoms with Crippen LogP contribution >= 0.6 is 11.6 Å². The van der Waals surface area contributed by atoms with Gasteiger partial charge in [-0.2, -0.15) is 22.7 Å². The first-order chi connectivity index (χ1) is 23.6. The molecule has 0 spiro atoms. The van der Waals surface area contributed by atoms with E-state index >= 15 is 4.39 Å². The van der Waals surface area contributed by atoms with Gasteiger partial charge >= 0.3 is 18.2 Å². The van der Waals surface area contributed by atoms with Crippen molar-refractivity contribution in [3.63, 3.8) is 0 Å². The molecule has 3 heterocycles. The molecule has 0 saturated heterocycles. The third kappa shape index (κ3) is 9.10. The molecule has 2 bridgehead atoms. The zero-order valence-electron chi connectivity index (χ0n) is 26.1. The van der Waals surface area contributed by atoms with Crippen LogP contribution in [-0.4, -0.2) is 57.0 Å². The van der Waals surface area contributed by atoms with Gasteiger partial charge in [0.2, 0.25) is 11.9 Å². The lowest BCUT2D eigenvalue weighted by Gasteiger charge is -2.23. The Hall–Kier alpha value is -5.58. The Balaban J connectivity index is 0.000000727. The molecule has 5 rings (SSSR count). The Morgan fingerprint density at radius 2 is 1.82 bits per heavy atom. The summed E-state index contributed by atoms with van der Waals surface area (Å²) in [6.07, 6.45) is -0.556. The predicted octanol–water partition coefficient (Wildman–Crippen LogP) is 6.91. The molecule has 2 atom stereocenters. The first-order valence-electron chi connectivity index (χ1n) is 14.6. The minimum atomic E-state index is -5.08. The van der Waals surface area contributed by atoms with Crippen molar-refractivity contribution >= 4 is 46.9 Å². The largest absolute Gasteiger partial charge is 0.490 e. The summed E-state index contributed by atoms with van der Waals surface area (Å²) in [5.74, 6) is -5.41. The van der Waals surface area contributed by atoms with Crippen molar-refractivity contribution in [2.75, 3.05) is 17.7 Å². The normalized spacial score (nSPS) is 15.9. The van der Waals surface area contributed by atoms with E-state index in [1.807, 2.05) is 0 Å². The summed E-state index contributed by atoms with van der Waals surface area (Å²) < 4.78 is 67.3. The maximum absolute atomic E-state index is 15.2. The molecule has 18 heteroatoms. The number of rotatable bonds is 4. The third-order valence-corrected chi connectivity index (χ3v) is 7.70.